The molecule has 0 aromatic heterocycles. The van der Waals surface area contributed by atoms with Crippen molar-refractivity contribution in [1.82, 2.24) is 0 Å². The molecule has 0 aliphatic carbocycles. The Bertz CT molecular complexity index is 322. The fourth-order valence-electron chi connectivity index (χ4n) is 0.856. The topological polar surface area (TPSA) is 72.4 Å². The minimum absolute atomic E-state index is 0. The molecule has 0 aliphatic heterocycles. The van der Waals surface area contributed by atoms with Gasteiger partial charge in [-0.25, -0.2) is 0 Å². The Balaban J connectivity index is 0.00000144. The predicted molar refractivity (Wildman–Crippen MR) is 40.2 cm³/mol. The minimum atomic E-state index is -4.70. The van der Waals surface area contributed by atoms with Crippen molar-refractivity contribution < 1.29 is 36.2 Å². The first kappa shape index (κ1) is 12.7. The van der Waals surface area contributed by atoms with Crippen LogP contribution in [0.3, 0.4) is 0 Å². The molecule has 1 radical (unpaired) electrons. The first-order chi connectivity index (χ1) is 5.55. The summed E-state index contributed by atoms with van der Waals surface area (Å²) in [6, 6.07) is 5.72. The van der Waals surface area contributed by atoms with Gasteiger partial charge in [0, 0.05) is 5.30 Å². The molecule has 0 N–H and O–H groups in total. The van der Waals surface area contributed by atoms with Gasteiger partial charge in [-0.1, -0.05) is 18.2 Å². The zero-order valence-corrected chi connectivity index (χ0v) is 8.53. The zero-order valence-electron chi connectivity index (χ0n) is 6.69. The summed E-state index contributed by atoms with van der Waals surface area (Å²) in [4.78, 5) is 21.2. The molecule has 75 valence electrons. The van der Waals surface area contributed by atoms with E-state index in [1.165, 1.54) is 25.3 Å². The van der Waals surface area contributed by atoms with Crippen LogP contribution in [0.15, 0.2) is 24.3 Å². The van der Waals surface area contributed by atoms with Crippen LogP contribution in [0.1, 0.15) is 0 Å². The van der Waals surface area contributed by atoms with Crippen LogP contribution >= 0.6 is 7.60 Å². The van der Waals surface area contributed by atoms with Crippen molar-refractivity contribution in [3.63, 3.8) is 0 Å². The van der Waals surface area contributed by atoms with Crippen molar-refractivity contribution in [3.05, 3.63) is 24.3 Å². The Labute approximate surface area is 86.6 Å². The molecule has 6 heteroatoms. The SMILES string of the molecule is COc1ccccc1P(=O)([O-])[O-].[Cu+2]. The number of methoxy groups -OCH3 is 1. The van der Waals surface area contributed by atoms with Crippen molar-refractivity contribution in [2.24, 2.45) is 0 Å². The van der Waals surface area contributed by atoms with Gasteiger partial charge in [0.1, 0.15) is 5.75 Å². The number of benzene rings is 1. The van der Waals surface area contributed by atoms with Crippen molar-refractivity contribution in [2.75, 3.05) is 7.11 Å². The summed E-state index contributed by atoms with van der Waals surface area (Å²) < 4.78 is 15.3. The Morgan fingerprint density at radius 2 is 1.85 bits per heavy atom. The number of hydrogen-bond donors (Lipinski definition) is 0. The van der Waals surface area contributed by atoms with Gasteiger partial charge in [0.05, 0.1) is 7.11 Å². The third kappa shape index (κ3) is 3.14. The zero-order chi connectivity index (χ0) is 9.19. The molecular weight excluding hydrogens is 243 g/mol. The fourth-order valence-corrected chi connectivity index (χ4v) is 1.56. The van der Waals surface area contributed by atoms with Gasteiger partial charge >= 0.3 is 17.1 Å². The smallest absolute Gasteiger partial charge is 0.807 e. The predicted octanol–water partition coefficient (Wildman–Crippen LogP) is -0.768. The van der Waals surface area contributed by atoms with Gasteiger partial charge in [-0.05, 0) is 13.7 Å². The van der Waals surface area contributed by atoms with Crippen LogP contribution in [0.5, 0.6) is 5.75 Å². The summed E-state index contributed by atoms with van der Waals surface area (Å²) >= 11 is 0. The van der Waals surface area contributed by atoms with E-state index in [0.717, 1.165) is 0 Å². The maximum absolute atomic E-state index is 10.6. The molecule has 4 nitrogen and oxygen atoms in total. The molecule has 0 heterocycles. The van der Waals surface area contributed by atoms with Crippen LogP contribution in [-0.2, 0) is 21.6 Å². The normalized spacial score (nSPS) is 10.4. The van der Waals surface area contributed by atoms with Gasteiger partial charge in [0.15, 0.2) is 0 Å². The molecule has 0 atom stereocenters. The molecule has 13 heavy (non-hydrogen) atoms. The minimum Gasteiger partial charge on any atom is -0.807 e. The van der Waals surface area contributed by atoms with E-state index in [0.29, 0.717) is 0 Å². The Morgan fingerprint density at radius 1 is 1.31 bits per heavy atom. The monoisotopic (exact) mass is 249 g/mol. The summed E-state index contributed by atoms with van der Waals surface area (Å²) in [5.41, 5.74) is 0. The van der Waals surface area contributed by atoms with Crippen molar-refractivity contribution in [3.8, 4) is 5.75 Å². The van der Waals surface area contributed by atoms with Crippen LogP contribution in [-0.4, -0.2) is 7.11 Å². The summed E-state index contributed by atoms with van der Waals surface area (Å²) in [5, 5.41) is -0.299. The molecule has 0 bridgehead atoms. The van der Waals surface area contributed by atoms with E-state index in [4.69, 9.17) is 4.74 Å². The van der Waals surface area contributed by atoms with Crippen LogP contribution < -0.4 is 19.8 Å². The van der Waals surface area contributed by atoms with E-state index >= 15 is 0 Å². The Hall–Kier alpha value is -0.311. The molecule has 1 aromatic carbocycles. The van der Waals surface area contributed by atoms with Gasteiger partial charge in [-0.2, -0.15) is 0 Å². The second-order valence-electron chi connectivity index (χ2n) is 2.17. The van der Waals surface area contributed by atoms with E-state index in [2.05, 4.69) is 0 Å². The van der Waals surface area contributed by atoms with Gasteiger partial charge in [-0.3, -0.25) is 0 Å². The standard InChI is InChI=1S/C7H9O4P.Cu/c1-11-6-4-2-3-5-7(6)12(8,9)10;/h2-5H,1H3,(H2,8,9,10);/q;+2/p-2. The van der Waals surface area contributed by atoms with Crippen LogP contribution in [0.25, 0.3) is 0 Å². The molecule has 0 unspecified atom stereocenters. The van der Waals surface area contributed by atoms with Gasteiger partial charge in [0.25, 0.3) is 0 Å². The second kappa shape index (κ2) is 4.80. The van der Waals surface area contributed by atoms with Gasteiger partial charge in [-0.15, -0.1) is 0 Å². The Kier molecular flexibility index (Phi) is 4.68. The number of para-hydroxylation sites is 1. The number of ether oxygens (including phenoxy) is 1. The first-order valence-corrected chi connectivity index (χ1v) is 4.75. The van der Waals surface area contributed by atoms with E-state index < -0.39 is 7.60 Å². The fraction of sp³-hybridized carbons (Fsp3) is 0.143. The Morgan fingerprint density at radius 3 is 2.23 bits per heavy atom. The average Bonchev–Trinajstić information content (AvgIpc) is 2.03. The third-order valence-corrected chi connectivity index (χ3v) is 2.34. The second-order valence-corrected chi connectivity index (χ2v) is 3.65. The quantitative estimate of drug-likeness (QED) is 0.510. The maximum Gasteiger partial charge on any atom is 2.00 e. The van der Waals surface area contributed by atoms with E-state index in [1.807, 2.05) is 0 Å². The summed E-state index contributed by atoms with van der Waals surface area (Å²) in [6.45, 7) is 0. The average molecular weight is 250 g/mol. The molecule has 1 rings (SSSR count). The number of rotatable bonds is 2. The van der Waals surface area contributed by atoms with Gasteiger partial charge < -0.3 is 19.1 Å². The maximum atomic E-state index is 10.6. The first-order valence-electron chi connectivity index (χ1n) is 3.21. The summed E-state index contributed by atoms with van der Waals surface area (Å²) in [7, 11) is -3.38. The molecule has 0 fully saturated rings. The van der Waals surface area contributed by atoms with E-state index in [9.17, 15) is 14.4 Å². The largest absolute Gasteiger partial charge is 2.00 e. The van der Waals surface area contributed by atoms with Crippen LogP contribution in [0.2, 0.25) is 0 Å². The van der Waals surface area contributed by atoms with Crippen LogP contribution in [0, 0.1) is 0 Å². The number of hydrogen-bond acceptors (Lipinski definition) is 4. The molecule has 0 amide bonds. The van der Waals surface area contributed by atoms with Crippen LogP contribution in [0.4, 0.5) is 0 Å². The molecule has 1 aromatic rings. The van der Waals surface area contributed by atoms with Crippen molar-refractivity contribution in [2.45, 2.75) is 0 Å². The molecule has 0 saturated carbocycles. The third-order valence-electron chi connectivity index (χ3n) is 1.38. The van der Waals surface area contributed by atoms with Crippen molar-refractivity contribution >= 4 is 12.9 Å². The summed E-state index contributed by atoms with van der Waals surface area (Å²) in [5.74, 6) is 0.0887. The van der Waals surface area contributed by atoms with E-state index in [-0.39, 0.29) is 28.1 Å². The summed E-state index contributed by atoms with van der Waals surface area (Å²) in [6.07, 6.45) is 0. The van der Waals surface area contributed by atoms with Gasteiger partial charge in [0.2, 0.25) is 0 Å². The van der Waals surface area contributed by atoms with E-state index in [1.54, 1.807) is 6.07 Å². The molecule has 0 spiro atoms. The molecular formula is C7H7CuO4P. The van der Waals surface area contributed by atoms with Crippen molar-refractivity contribution in [1.29, 1.82) is 0 Å². The molecule has 0 aliphatic rings. The molecule has 0 saturated heterocycles.